The second-order valence-electron chi connectivity index (χ2n) is 4.49. The number of halogens is 1. The van der Waals surface area contributed by atoms with E-state index >= 15 is 0 Å². The minimum Gasteiger partial charge on any atom is -0.378 e. The van der Waals surface area contributed by atoms with Gasteiger partial charge in [-0.05, 0) is 18.2 Å². The highest BCUT2D eigenvalue weighted by atomic mass is 35.5. The summed E-state index contributed by atoms with van der Waals surface area (Å²) in [7, 11) is 3.96. The van der Waals surface area contributed by atoms with E-state index in [2.05, 4.69) is 5.32 Å². The summed E-state index contributed by atoms with van der Waals surface area (Å²) >= 11 is 0. The fourth-order valence-electron chi connectivity index (χ4n) is 1.97. The van der Waals surface area contributed by atoms with E-state index in [1.54, 1.807) is 0 Å². The molecule has 1 fully saturated rings. The summed E-state index contributed by atoms with van der Waals surface area (Å²) in [6.45, 7) is 3.37. The highest BCUT2D eigenvalue weighted by molar-refractivity contribution is 5.95. The first-order chi connectivity index (χ1) is 8.18. The second kappa shape index (κ2) is 6.61. The van der Waals surface area contributed by atoms with Gasteiger partial charge in [-0.3, -0.25) is 4.79 Å². The van der Waals surface area contributed by atoms with E-state index in [1.807, 2.05) is 48.2 Å². The Morgan fingerprint density at radius 1 is 1.28 bits per heavy atom. The number of rotatable bonds is 2. The summed E-state index contributed by atoms with van der Waals surface area (Å²) in [5, 5.41) is 3.25. The SMILES string of the molecule is CN(C)c1cccc(C(=O)N2CCNCC2)c1.Cl. The molecule has 0 atom stereocenters. The van der Waals surface area contributed by atoms with E-state index < -0.39 is 0 Å². The number of hydrogen-bond donors (Lipinski definition) is 1. The molecule has 0 spiro atoms. The van der Waals surface area contributed by atoms with E-state index in [9.17, 15) is 4.79 Å². The third kappa shape index (κ3) is 3.37. The summed E-state index contributed by atoms with van der Waals surface area (Å²) in [6, 6.07) is 7.78. The average molecular weight is 270 g/mol. The van der Waals surface area contributed by atoms with Crippen LogP contribution in [0.2, 0.25) is 0 Å². The molecule has 1 N–H and O–H groups in total. The highest BCUT2D eigenvalue weighted by Gasteiger charge is 2.17. The largest absolute Gasteiger partial charge is 0.378 e. The van der Waals surface area contributed by atoms with Gasteiger partial charge in [0.15, 0.2) is 0 Å². The van der Waals surface area contributed by atoms with E-state index in [0.29, 0.717) is 0 Å². The fraction of sp³-hybridized carbons (Fsp3) is 0.462. The molecule has 0 aliphatic carbocycles. The molecule has 5 heteroatoms. The van der Waals surface area contributed by atoms with E-state index in [4.69, 9.17) is 0 Å². The summed E-state index contributed by atoms with van der Waals surface area (Å²) in [5.41, 5.74) is 1.84. The number of carbonyl (C=O) groups excluding carboxylic acids is 1. The Kier molecular flexibility index (Phi) is 5.44. The molecule has 0 aromatic heterocycles. The molecular formula is C13H20ClN3O. The Morgan fingerprint density at radius 2 is 1.94 bits per heavy atom. The average Bonchev–Trinajstić information content (AvgIpc) is 2.39. The fourth-order valence-corrected chi connectivity index (χ4v) is 1.97. The minimum absolute atomic E-state index is 0. The van der Waals surface area contributed by atoms with Crippen LogP contribution in [-0.2, 0) is 0 Å². The lowest BCUT2D eigenvalue weighted by atomic mass is 10.1. The van der Waals surface area contributed by atoms with Crippen molar-refractivity contribution >= 4 is 24.0 Å². The Balaban J connectivity index is 0.00000162. The van der Waals surface area contributed by atoms with Crippen LogP contribution < -0.4 is 10.2 Å². The van der Waals surface area contributed by atoms with Crippen LogP contribution in [-0.4, -0.2) is 51.1 Å². The highest BCUT2D eigenvalue weighted by Crippen LogP contribution is 2.15. The van der Waals surface area contributed by atoms with Gasteiger partial charge in [0, 0.05) is 51.5 Å². The molecule has 1 aliphatic rings. The quantitative estimate of drug-likeness (QED) is 0.877. The smallest absolute Gasteiger partial charge is 0.254 e. The van der Waals surface area contributed by atoms with Crippen LogP contribution in [0.15, 0.2) is 24.3 Å². The lowest BCUT2D eigenvalue weighted by Gasteiger charge is -2.27. The van der Waals surface area contributed by atoms with Crippen LogP contribution in [0.4, 0.5) is 5.69 Å². The zero-order valence-corrected chi connectivity index (χ0v) is 11.7. The molecule has 0 bridgehead atoms. The van der Waals surface area contributed by atoms with Gasteiger partial charge in [-0.2, -0.15) is 0 Å². The third-order valence-electron chi connectivity index (χ3n) is 3.01. The van der Waals surface area contributed by atoms with Gasteiger partial charge in [0.05, 0.1) is 0 Å². The first-order valence-electron chi connectivity index (χ1n) is 5.96. The summed E-state index contributed by atoms with van der Waals surface area (Å²) in [6.07, 6.45) is 0. The maximum atomic E-state index is 12.3. The Morgan fingerprint density at radius 3 is 2.56 bits per heavy atom. The minimum atomic E-state index is 0. The summed E-state index contributed by atoms with van der Waals surface area (Å²) in [5.74, 6) is 0.134. The van der Waals surface area contributed by atoms with Crippen molar-refractivity contribution in [3.8, 4) is 0 Å². The van der Waals surface area contributed by atoms with Gasteiger partial charge in [-0.25, -0.2) is 0 Å². The van der Waals surface area contributed by atoms with Crippen LogP contribution in [0, 0.1) is 0 Å². The van der Waals surface area contributed by atoms with Crippen LogP contribution in [0.1, 0.15) is 10.4 Å². The van der Waals surface area contributed by atoms with Crippen molar-refractivity contribution in [1.29, 1.82) is 0 Å². The number of anilines is 1. The molecule has 0 radical (unpaired) electrons. The molecule has 0 saturated carbocycles. The van der Waals surface area contributed by atoms with Crippen molar-refractivity contribution in [1.82, 2.24) is 10.2 Å². The molecule has 18 heavy (non-hydrogen) atoms. The van der Waals surface area contributed by atoms with Crippen LogP contribution in [0.3, 0.4) is 0 Å². The van der Waals surface area contributed by atoms with Gasteiger partial charge in [-0.15, -0.1) is 12.4 Å². The van der Waals surface area contributed by atoms with Crippen LogP contribution >= 0.6 is 12.4 Å². The molecule has 1 amide bonds. The van der Waals surface area contributed by atoms with Crippen LogP contribution in [0.5, 0.6) is 0 Å². The molecular weight excluding hydrogens is 250 g/mol. The van der Waals surface area contributed by atoms with Crippen molar-refractivity contribution in [2.24, 2.45) is 0 Å². The van der Waals surface area contributed by atoms with Crippen LogP contribution in [0.25, 0.3) is 0 Å². The van der Waals surface area contributed by atoms with Gasteiger partial charge in [0.2, 0.25) is 0 Å². The number of carbonyl (C=O) groups is 1. The molecule has 100 valence electrons. The Bertz CT molecular complexity index is 403. The van der Waals surface area contributed by atoms with Crippen molar-refractivity contribution in [2.45, 2.75) is 0 Å². The van der Waals surface area contributed by atoms with Crippen molar-refractivity contribution < 1.29 is 4.79 Å². The Hall–Kier alpha value is -1.26. The van der Waals surface area contributed by atoms with E-state index in [0.717, 1.165) is 37.4 Å². The molecule has 2 rings (SSSR count). The van der Waals surface area contributed by atoms with Gasteiger partial charge < -0.3 is 15.1 Å². The monoisotopic (exact) mass is 269 g/mol. The zero-order valence-electron chi connectivity index (χ0n) is 10.8. The number of hydrogen-bond acceptors (Lipinski definition) is 3. The van der Waals surface area contributed by atoms with Gasteiger partial charge in [0.25, 0.3) is 5.91 Å². The zero-order chi connectivity index (χ0) is 12.3. The second-order valence-corrected chi connectivity index (χ2v) is 4.49. The lowest BCUT2D eigenvalue weighted by molar-refractivity contribution is 0.0736. The maximum absolute atomic E-state index is 12.3. The van der Waals surface area contributed by atoms with Gasteiger partial charge in [-0.1, -0.05) is 6.07 Å². The summed E-state index contributed by atoms with van der Waals surface area (Å²) < 4.78 is 0. The predicted molar refractivity (Wildman–Crippen MR) is 76.8 cm³/mol. The molecule has 1 aliphatic heterocycles. The molecule has 1 aromatic rings. The number of piperazine rings is 1. The van der Waals surface area contributed by atoms with Gasteiger partial charge in [0.1, 0.15) is 0 Å². The normalized spacial score (nSPS) is 14.9. The third-order valence-corrected chi connectivity index (χ3v) is 3.01. The first kappa shape index (κ1) is 14.8. The molecule has 1 saturated heterocycles. The standard InChI is InChI=1S/C13H19N3O.ClH/c1-15(2)12-5-3-4-11(10-12)13(17)16-8-6-14-7-9-16;/h3-5,10,14H,6-9H2,1-2H3;1H. The van der Waals surface area contributed by atoms with Crippen molar-refractivity contribution in [2.75, 3.05) is 45.2 Å². The molecule has 1 aromatic carbocycles. The van der Waals surface area contributed by atoms with E-state index in [1.165, 1.54) is 0 Å². The maximum Gasteiger partial charge on any atom is 0.254 e. The number of nitrogens with zero attached hydrogens (tertiary/aromatic N) is 2. The number of nitrogens with one attached hydrogen (secondary N) is 1. The van der Waals surface area contributed by atoms with Crippen molar-refractivity contribution in [3.63, 3.8) is 0 Å². The molecule has 4 nitrogen and oxygen atoms in total. The number of benzene rings is 1. The van der Waals surface area contributed by atoms with E-state index in [-0.39, 0.29) is 18.3 Å². The molecule has 0 unspecified atom stereocenters. The first-order valence-corrected chi connectivity index (χ1v) is 5.96. The predicted octanol–water partition coefficient (Wildman–Crippen LogP) is 1.22. The number of amides is 1. The summed E-state index contributed by atoms with van der Waals surface area (Å²) in [4.78, 5) is 16.2. The molecule has 1 heterocycles. The lowest BCUT2D eigenvalue weighted by Crippen LogP contribution is -2.46. The van der Waals surface area contributed by atoms with Crippen molar-refractivity contribution in [3.05, 3.63) is 29.8 Å². The topological polar surface area (TPSA) is 35.6 Å². The Labute approximate surface area is 114 Å². The van der Waals surface area contributed by atoms with Gasteiger partial charge >= 0.3 is 0 Å².